The van der Waals surface area contributed by atoms with Gasteiger partial charge in [-0.2, -0.15) is 5.26 Å². The average molecular weight is 539 g/mol. The molecular weight excluding hydrogens is 510 g/mol. The molecule has 4 nitrogen and oxygen atoms in total. The fourth-order valence-electron chi connectivity index (χ4n) is 4.31. The fraction of sp³-hybridized carbons (Fsp3) is 0.423. The van der Waals surface area contributed by atoms with Crippen LogP contribution < -0.4 is 0 Å². The number of nitrogens with zero attached hydrogens (tertiary/aromatic N) is 2. The Labute approximate surface area is 206 Å². The molecule has 2 aromatic rings. The molecule has 0 fully saturated rings. The van der Waals surface area contributed by atoms with Crippen molar-refractivity contribution in [1.29, 1.82) is 5.26 Å². The quantitative estimate of drug-likeness (QED) is 0.311. The summed E-state index contributed by atoms with van der Waals surface area (Å²) >= 11 is 1.94. The minimum Gasteiger partial charge on any atom is -0.433 e. The van der Waals surface area contributed by atoms with Crippen LogP contribution in [0.2, 0.25) is 0 Å². The van der Waals surface area contributed by atoms with Crippen LogP contribution in [-0.4, -0.2) is 23.3 Å². The van der Waals surface area contributed by atoms with Gasteiger partial charge in [0.15, 0.2) is 0 Å². The molecule has 0 aliphatic heterocycles. The van der Waals surface area contributed by atoms with Gasteiger partial charge in [0, 0.05) is 17.1 Å². The summed E-state index contributed by atoms with van der Waals surface area (Å²) in [5.74, 6) is -0.0453. The van der Waals surface area contributed by atoms with E-state index < -0.39 is 11.2 Å². The summed E-state index contributed by atoms with van der Waals surface area (Å²) in [5, 5.41) is 9.48. The highest BCUT2D eigenvalue weighted by Crippen LogP contribution is 2.37. The SMILES string of the molecule is CC(C)(OI)C(C)(C)O[B]Cc1ccccc1-n1c2c(c3c1C=C[C@@H](C#N)C3)CCC=C2. The highest BCUT2D eigenvalue weighted by atomic mass is 127. The van der Waals surface area contributed by atoms with E-state index in [1.54, 1.807) is 0 Å². The summed E-state index contributed by atoms with van der Waals surface area (Å²) in [5.41, 5.74) is 6.66. The van der Waals surface area contributed by atoms with E-state index in [1.807, 2.05) is 64.3 Å². The number of rotatable bonds is 7. The second-order valence-electron chi connectivity index (χ2n) is 9.52. The maximum absolute atomic E-state index is 9.48. The van der Waals surface area contributed by atoms with Crippen LogP contribution in [-0.2, 0) is 26.9 Å². The van der Waals surface area contributed by atoms with E-state index in [-0.39, 0.29) is 5.92 Å². The van der Waals surface area contributed by atoms with Crippen molar-refractivity contribution in [3.63, 3.8) is 0 Å². The first-order chi connectivity index (χ1) is 15.3. The van der Waals surface area contributed by atoms with Gasteiger partial charge in [-0.1, -0.05) is 30.4 Å². The molecule has 0 unspecified atom stereocenters. The van der Waals surface area contributed by atoms with E-state index in [4.69, 9.17) is 7.72 Å². The fourth-order valence-corrected chi connectivity index (χ4v) is 4.84. The number of aromatic nitrogens is 1. The molecule has 1 atom stereocenters. The topological polar surface area (TPSA) is 47.2 Å². The van der Waals surface area contributed by atoms with Gasteiger partial charge < -0.3 is 12.3 Å². The number of halogens is 1. The summed E-state index contributed by atoms with van der Waals surface area (Å²) in [7, 11) is 1.90. The monoisotopic (exact) mass is 539 g/mol. The molecule has 32 heavy (non-hydrogen) atoms. The number of hydrogen-bond acceptors (Lipinski definition) is 3. The minimum absolute atomic E-state index is 0.0453. The first kappa shape index (κ1) is 23.3. The Morgan fingerprint density at radius 2 is 1.88 bits per heavy atom. The van der Waals surface area contributed by atoms with Gasteiger partial charge in [-0.15, -0.1) is 0 Å². The van der Waals surface area contributed by atoms with E-state index in [0.717, 1.165) is 19.3 Å². The molecule has 4 rings (SSSR count). The van der Waals surface area contributed by atoms with Crippen LogP contribution in [0.25, 0.3) is 17.8 Å². The van der Waals surface area contributed by atoms with Crippen LogP contribution in [0, 0.1) is 17.2 Å². The van der Waals surface area contributed by atoms with E-state index in [0.29, 0.717) is 6.32 Å². The summed E-state index contributed by atoms with van der Waals surface area (Å²) in [4.78, 5) is 0. The third-order valence-corrected chi connectivity index (χ3v) is 8.03. The van der Waals surface area contributed by atoms with Gasteiger partial charge in [-0.25, -0.2) is 0 Å². The lowest BCUT2D eigenvalue weighted by Crippen LogP contribution is -2.48. The van der Waals surface area contributed by atoms with Gasteiger partial charge in [0.2, 0.25) is 0 Å². The minimum atomic E-state index is -0.466. The number of allylic oxidation sites excluding steroid dienone is 2. The molecule has 0 N–H and O–H groups in total. The lowest BCUT2D eigenvalue weighted by molar-refractivity contribution is -0.0495. The standard InChI is InChI=1S/C26H29BIN2O2/c1-25(2,26(3,4)32-28)31-27-16-19-9-5-7-11-22(19)30-23-12-8-6-10-20(23)21-15-18(17-29)13-14-24(21)30/h5,7-9,11-14,18H,6,10,15-16H2,1-4H3/t18-/m1/s1. The molecule has 0 saturated carbocycles. The van der Waals surface area contributed by atoms with Crippen molar-refractivity contribution >= 4 is 42.6 Å². The lowest BCUT2D eigenvalue weighted by atomic mass is 9.83. The van der Waals surface area contributed by atoms with Crippen LogP contribution in [0.3, 0.4) is 0 Å². The molecular formula is C26H29BIN2O2. The van der Waals surface area contributed by atoms with Crippen molar-refractivity contribution in [2.24, 2.45) is 5.92 Å². The Balaban J connectivity index is 1.68. The maximum Gasteiger partial charge on any atom is 0.298 e. The molecule has 1 aromatic heterocycles. The molecule has 0 bridgehead atoms. The second kappa shape index (κ2) is 9.21. The first-order valence-electron chi connectivity index (χ1n) is 11.2. The van der Waals surface area contributed by atoms with Gasteiger partial charge in [0.25, 0.3) is 7.48 Å². The van der Waals surface area contributed by atoms with Crippen molar-refractivity contribution in [1.82, 2.24) is 4.57 Å². The smallest absolute Gasteiger partial charge is 0.298 e. The highest BCUT2D eigenvalue weighted by molar-refractivity contribution is 14.1. The van der Waals surface area contributed by atoms with E-state index in [1.165, 1.54) is 33.8 Å². The predicted octanol–water partition coefficient (Wildman–Crippen LogP) is 6.21. The average Bonchev–Trinajstić information content (AvgIpc) is 3.12. The van der Waals surface area contributed by atoms with Gasteiger partial charge in [0.05, 0.1) is 17.6 Å². The Kier molecular flexibility index (Phi) is 6.72. The van der Waals surface area contributed by atoms with E-state index in [9.17, 15) is 5.26 Å². The maximum atomic E-state index is 9.48. The van der Waals surface area contributed by atoms with Crippen molar-refractivity contribution in [3.8, 4) is 11.8 Å². The Bertz CT molecular complexity index is 1110. The largest absolute Gasteiger partial charge is 0.433 e. The van der Waals surface area contributed by atoms with E-state index in [2.05, 4.69) is 53.1 Å². The predicted molar refractivity (Wildman–Crippen MR) is 139 cm³/mol. The third kappa shape index (κ3) is 4.23. The van der Waals surface area contributed by atoms with Gasteiger partial charge in [0.1, 0.15) is 28.6 Å². The normalized spacial score (nSPS) is 17.6. The summed E-state index contributed by atoms with van der Waals surface area (Å²) < 4.78 is 14.2. The molecule has 0 amide bonds. The van der Waals surface area contributed by atoms with Gasteiger partial charge >= 0.3 is 0 Å². The molecule has 0 saturated heterocycles. The lowest BCUT2D eigenvalue weighted by Gasteiger charge is -2.39. The van der Waals surface area contributed by atoms with Crippen LogP contribution >= 0.6 is 23.0 Å². The zero-order valence-corrected chi connectivity index (χ0v) is 21.3. The van der Waals surface area contributed by atoms with Crippen LogP contribution in [0.15, 0.2) is 36.4 Å². The van der Waals surface area contributed by atoms with Crippen molar-refractivity contribution < 1.29 is 7.72 Å². The third-order valence-electron chi connectivity index (χ3n) is 6.93. The first-order valence-corrected chi connectivity index (χ1v) is 12.1. The Hall–Kier alpha value is -1.82. The zero-order valence-electron chi connectivity index (χ0n) is 19.2. The molecule has 0 spiro atoms. The summed E-state index contributed by atoms with van der Waals surface area (Å²) in [6.07, 6.45) is 12.2. The van der Waals surface area contributed by atoms with E-state index >= 15 is 0 Å². The number of nitriles is 1. The van der Waals surface area contributed by atoms with Crippen molar-refractivity contribution in [2.75, 3.05) is 0 Å². The Morgan fingerprint density at radius 1 is 1.12 bits per heavy atom. The van der Waals surface area contributed by atoms with Crippen molar-refractivity contribution in [2.45, 2.75) is 64.5 Å². The van der Waals surface area contributed by atoms with Crippen LogP contribution in [0.5, 0.6) is 0 Å². The number of hydrogen-bond donors (Lipinski definition) is 0. The highest BCUT2D eigenvalue weighted by Gasteiger charge is 2.38. The zero-order chi connectivity index (χ0) is 22.9. The van der Waals surface area contributed by atoms with Gasteiger partial charge in [-0.05, 0) is 88.2 Å². The molecule has 1 aromatic carbocycles. The summed E-state index contributed by atoms with van der Waals surface area (Å²) in [6.45, 7) is 8.17. The number of benzene rings is 1. The molecule has 2 aliphatic carbocycles. The molecule has 6 heteroatoms. The van der Waals surface area contributed by atoms with Crippen LogP contribution in [0.4, 0.5) is 0 Å². The summed E-state index contributed by atoms with van der Waals surface area (Å²) in [6, 6.07) is 10.9. The number of para-hydroxylation sites is 1. The molecule has 1 radical (unpaired) electrons. The van der Waals surface area contributed by atoms with Gasteiger partial charge in [-0.3, -0.25) is 0 Å². The molecule has 1 heterocycles. The Morgan fingerprint density at radius 3 is 2.62 bits per heavy atom. The molecule has 165 valence electrons. The second-order valence-corrected chi connectivity index (χ2v) is 9.96. The van der Waals surface area contributed by atoms with Crippen molar-refractivity contribution in [3.05, 3.63) is 64.5 Å². The number of fused-ring (bicyclic) bond motifs is 3. The molecule has 2 aliphatic rings. The van der Waals surface area contributed by atoms with Crippen LogP contribution in [0.1, 0.15) is 62.2 Å².